The molecule has 11 heteroatoms. The van der Waals surface area contributed by atoms with Crippen LogP contribution >= 0.6 is 0 Å². The number of rotatable bonds is 6. The number of aromatic nitrogens is 4. The third-order valence-corrected chi connectivity index (χ3v) is 5.26. The first-order valence-corrected chi connectivity index (χ1v) is 10.6. The number of halogens is 3. The molecule has 0 aliphatic heterocycles. The Morgan fingerprint density at radius 2 is 1.69 bits per heavy atom. The van der Waals surface area contributed by atoms with Crippen LogP contribution in [0.25, 0.3) is 5.78 Å². The van der Waals surface area contributed by atoms with Crippen LogP contribution in [-0.4, -0.2) is 31.5 Å². The van der Waals surface area contributed by atoms with Crippen LogP contribution in [0.3, 0.4) is 0 Å². The molecule has 180 valence electrons. The van der Waals surface area contributed by atoms with Crippen LogP contribution in [-0.2, 0) is 17.4 Å². The van der Waals surface area contributed by atoms with Crippen LogP contribution in [0.1, 0.15) is 39.6 Å². The van der Waals surface area contributed by atoms with Gasteiger partial charge in [-0.05, 0) is 62.2 Å². The molecule has 4 aromatic rings. The number of fused-ring (bicyclic) bond motifs is 1. The van der Waals surface area contributed by atoms with Crippen LogP contribution < -0.4 is 10.1 Å². The van der Waals surface area contributed by atoms with Crippen molar-refractivity contribution in [2.24, 2.45) is 0 Å². The third kappa shape index (κ3) is 5.45. The molecule has 0 spiro atoms. The highest BCUT2D eigenvalue weighted by Crippen LogP contribution is 2.27. The van der Waals surface area contributed by atoms with E-state index in [0.717, 1.165) is 4.52 Å². The quantitative estimate of drug-likeness (QED) is 0.319. The zero-order chi connectivity index (χ0) is 25.2. The van der Waals surface area contributed by atoms with Gasteiger partial charge in [-0.1, -0.05) is 18.2 Å². The number of amides is 1. The van der Waals surface area contributed by atoms with Crippen molar-refractivity contribution in [2.45, 2.75) is 32.9 Å². The number of hydrogen-bond acceptors (Lipinski definition) is 6. The number of esters is 1. The van der Waals surface area contributed by atoms with E-state index in [2.05, 4.69) is 20.4 Å². The largest absolute Gasteiger partial charge is 0.453 e. The maximum Gasteiger partial charge on any atom is 0.453 e. The van der Waals surface area contributed by atoms with Gasteiger partial charge in [0.2, 0.25) is 0 Å². The summed E-state index contributed by atoms with van der Waals surface area (Å²) >= 11 is 0. The second-order valence-corrected chi connectivity index (χ2v) is 7.72. The predicted octanol–water partition coefficient (Wildman–Crippen LogP) is 4.55. The van der Waals surface area contributed by atoms with E-state index in [1.807, 2.05) is 6.07 Å². The van der Waals surface area contributed by atoms with E-state index in [9.17, 15) is 22.8 Å². The molecule has 0 unspecified atom stereocenters. The zero-order valence-corrected chi connectivity index (χ0v) is 18.8. The number of aryl methyl sites for hydroxylation is 2. The van der Waals surface area contributed by atoms with Crippen LogP contribution in [0.2, 0.25) is 0 Å². The first-order valence-electron chi connectivity index (χ1n) is 10.6. The van der Waals surface area contributed by atoms with Crippen LogP contribution in [0.5, 0.6) is 5.75 Å². The molecule has 2 aromatic carbocycles. The monoisotopic (exact) mass is 483 g/mol. The van der Waals surface area contributed by atoms with E-state index in [0.29, 0.717) is 34.0 Å². The summed E-state index contributed by atoms with van der Waals surface area (Å²) in [6.45, 7) is 3.23. The number of nitrogens with zero attached hydrogens (tertiary/aromatic N) is 4. The van der Waals surface area contributed by atoms with Crippen LogP contribution in [0.4, 0.5) is 18.9 Å². The van der Waals surface area contributed by atoms with Crippen molar-refractivity contribution in [3.8, 4) is 5.75 Å². The van der Waals surface area contributed by atoms with Gasteiger partial charge in [0.15, 0.2) is 0 Å². The molecule has 2 aromatic heterocycles. The Kier molecular flexibility index (Phi) is 6.50. The van der Waals surface area contributed by atoms with Gasteiger partial charge in [0, 0.05) is 22.6 Å². The lowest BCUT2D eigenvalue weighted by Crippen LogP contribution is -2.13. The Hall–Kier alpha value is -4.28. The lowest BCUT2D eigenvalue weighted by atomic mass is 10.1. The molecule has 0 aliphatic carbocycles. The van der Waals surface area contributed by atoms with Crippen molar-refractivity contribution in [2.75, 3.05) is 5.32 Å². The summed E-state index contributed by atoms with van der Waals surface area (Å²) in [5.41, 5.74) is 2.52. The highest BCUT2D eigenvalue weighted by molar-refractivity contribution is 6.04. The minimum Gasteiger partial charge on any atom is -0.427 e. The number of carbonyl (C=O) groups is 2. The Labute approximate surface area is 197 Å². The number of benzene rings is 2. The van der Waals surface area contributed by atoms with Crippen molar-refractivity contribution in [1.29, 1.82) is 0 Å². The molecule has 2 heterocycles. The smallest absolute Gasteiger partial charge is 0.427 e. The summed E-state index contributed by atoms with van der Waals surface area (Å²) in [7, 11) is 0. The lowest BCUT2D eigenvalue weighted by molar-refractivity contribution is -0.144. The summed E-state index contributed by atoms with van der Waals surface area (Å²) in [6, 6.07) is 15.1. The van der Waals surface area contributed by atoms with Gasteiger partial charge in [-0.25, -0.2) is 9.50 Å². The second kappa shape index (κ2) is 9.53. The minimum atomic E-state index is -4.68. The van der Waals surface area contributed by atoms with Crippen LogP contribution in [0.15, 0.2) is 54.6 Å². The van der Waals surface area contributed by atoms with Gasteiger partial charge in [-0.2, -0.15) is 18.2 Å². The summed E-state index contributed by atoms with van der Waals surface area (Å²) in [4.78, 5) is 32.1. The van der Waals surface area contributed by atoms with Crippen molar-refractivity contribution < 1.29 is 27.5 Å². The molecule has 0 aliphatic rings. The van der Waals surface area contributed by atoms with Crippen molar-refractivity contribution >= 4 is 23.3 Å². The lowest BCUT2D eigenvalue weighted by Gasteiger charge is -2.10. The molecule has 0 radical (unpaired) electrons. The van der Waals surface area contributed by atoms with Gasteiger partial charge >= 0.3 is 12.1 Å². The Morgan fingerprint density at radius 3 is 2.34 bits per heavy atom. The van der Waals surface area contributed by atoms with Gasteiger partial charge in [0.1, 0.15) is 5.75 Å². The molecule has 0 bridgehead atoms. The van der Waals surface area contributed by atoms with E-state index >= 15 is 0 Å². The van der Waals surface area contributed by atoms with Gasteiger partial charge < -0.3 is 10.1 Å². The number of anilines is 1. The van der Waals surface area contributed by atoms with Gasteiger partial charge in [-0.3, -0.25) is 9.59 Å². The van der Waals surface area contributed by atoms with Gasteiger partial charge in [0.05, 0.1) is 6.42 Å². The van der Waals surface area contributed by atoms with Crippen LogP contribution in [0, 0.1) is 13.8 Å². The molecule has 0 fully saturated rings. The predicted molar refractivity (Wildman–Crippen MR) is 120 cm³/mol. The second-order valence-electron chi connectivity index (χ2n) is 7.72. The normalized spacial score (nSPS) is 11.5. The Balaban J connectivity index is 1.38. The van der Waals surface area contributed by atoms with Crippen molar-refractivity contribution in [3.63, 3.8) is 0 Å². The van der Waals surface area contributed by atoms with Crippen molar-refractivity contribution in [3.05, 3.63) is 82.9 Å². The first kappa shape index (κ1) is 23.9. The number of hydrogen-bond donors (Lipinski definition) is 1. The average molecular weight is 483 g/mol. The number of carbonyl (C=O) groups excluding carboxylic acids is 2. The summed E-state index contributed by atoms with van der Waals surface area (Å²) < 4.78 is 45.2. The fourth-order valence-corrected chi connectivity index (χ4v) is 3.50. The highest BCUT2D eigenvalue weighted by atomic mass is 19.4. The maximum atomic E-state index is 12.9. The third-order valence-electron chi connectivity index (χ3n) is 5.26. The number of nitrogens with one attached hydrogen (secondary N) is 1. The first-order chi connectivity index (χ1) is 16.6. The summed E-state index contributed by atoms with van der Waals surface area (Å²) in [6.07, 6.45) is -4.51. The number of alkyl halides is 3. The molecule has 0 saturated carbocycles. The standard InChI is InChI=1S/C24H20F3N5O3/c1-14-19(15(2)32-23(28-14)30-22(31-32)24(25,26)27)12-13-20(33)35-18-10-8-17(9-11-18)29-21(34)16-6-4-3-5-7-16/h3-11H,12-13H2,1-2H3,(H,29,34). The zero-order valence-electron chi connectivity index (χ0n) is 18.8. The fourth-order valence-electron chi connectivity index (χ4n) is 3.50. The Morgan fingerprint density at radius 1 is 1.00 bits per heavy atom. The van der Waals surface area contributed by atoms with E-state index in [-0.39, 0.29) is 24.5 Å². The van der Waals surface area contributed by atoms with Gasteiger partial charge in [-0.15, -0.1) is 5.10 Å². The Bertz CT molecular complexity index is 1380. The highest BCUT2D eigenvalue weighted by Gasteiger charge is 2.37. The van der Waals surface area contributed by atoms with E-state index in [1.165, 1.54) is 0 Å². The maximum absolute atomic E-state index is 12.9. The topological polar surface area (TPSA) is 98.5 Å². The molecule has 8 nitrogen and oxygen atoms in total. The van der Waals surface area contributed by atoms with E-state index in [4.69, 9.17) is 4.74 Å². The van der Waals surface area contributed by atoms with E-state index in [1.54, 1.807) is 62.4 Å². The van der Waals surface area contributed by atoms with E-state index < -0.39 is 18.0 Å². The molecule has 4 rings (SSSR count). The molecular weight excluding hydrogens is 463 g/mol. The summed E-state index contributed by atoms with van der Waals surface area (Å²) in [5, 5.41) is 6.25. The molecule has 1 N–H and O–H groups in total. The summed E-state index contributed by atoms with van der Waals surface area (Å²) in [5.74, 6) is -1.92. The molecular formula is C24H20F3N5O3. The number of ether oxygens (including phenoxy) is 1. The average Bonchev–Trinajstić information content (AvgIpc) is 3.26. The van der Waals surface area contributed by atoms with Gasteiger partial charge in [0.25, 0.3) is 17.5 Å². The molecule has 0 atom stereocenters. The minimum absolute atomic E-state index is 0.0256. The SMILES string of the molecule is Cc1nc2nc(C(F)(F)F)nn2c(C)c1CCC(=O)Oc1ccc(NC(=O)c2ccccc2)cc1. The molecule has 1 amide bonds. The fraction of sp³-hybridized carbons (Fsp3) is 0.208. The molecule has 35 heavy (non-hydrogen) atoms. The van der Waals surface area contributed by atoms with Crippen molar-refractivity contribution in [1.82, 2.24) is 19.6 Å². The molecule has 0 saturated heterocycles.